The van der Waals surface area contributed by atoms with Gasteiger partial charge in [0.05, 0.1) is 18.4 Å². The highest BCUT2D eigenvalue weighted by atomic mass is 19.3. The number of methoxy groups -OCH3 is 1. The summed E-state index contributed by atoms with van der Waals surface area (Å²) in [6.45, 7) is -2.73. The molecule has 0 bridgehead atoms. The van der Waals surface area contributed by atoms with E-state index >= 15 is 0 Å². The number of ether oxygens (including phenoxy) is 2. The van der Waals surface area contributed by atoms with Gasteiger partial charge in [0.2, 0.25) is 0 Å². The number of nitrogens with zero attached hydrogens (tertiary/aromatic N) is 3. The first-order valence-corrected chi connectivity index (χ1v) is 10.5. The lowest BCUT2D eigenvalue weighted by Gasteiger charge is -2.18. The Morgan fingerprint density at radius 3 is 2.32 bits per heavy atom. The number of carbonyl (C=O) groups is 1. The van der Waals surface area contributed by atoms with Crippen molar-refractivity contribution in [2.24, 2.45) is 0 Å². The summed E-state index contributed by atoms with van der Waals surface area (Å²) in [7, 11) is 3.05. The molecule has 3 aromatic carbocycles. The van der Waals surface area contributed by atoms with E-state index in [4.69, 9.17) is 4.74 Å². The summed E-state index contributed by atoms with van der Waals surface area (Å²) in [5.74, 6) is -0.126. The molecule has 8 heteroatoms. The number of benzene rings is 3. The summed E-state index contributed by atoms with van der Waals surface area (Å²) < 4.78 is 36.5. The smallest absolute Gasteiger partial charge is 0.387 e. The van der Waals surface area contributed by atoms with Crippen molar-refractivity contribution < 1.29 is 23.0 Å². The number of hydrogen-bond acceptors (Lipinski definition) is 4. The summed E-state index contributed by atoms with van der Waals surface area (Å²) in [5.41, 5.74) is 3.37. The quantitative estimate of drug-likeness (QED) is 0.350. The molecule has 1 amide bonds. The third-order valence-corrected chi connectivity index (χ3v) is 5.22. The van der Waals surface area contributed by atoms with Crippen LogP contribution in [0.1, 0.15) is 15.9 Å². The molecule has 6 nitrogen and oxygen atoms in total. The number of carbonyl (C=O) groups excluding carboxylic acids is 1. The molecule has 0 aliphatic carbocycles. The Bertz CT molecular complexity index is 1260. The van der Waals surface area contributed by atoms with E-state index in [1.165, 1.54) is 13.2 Å². The summed E-state index contributed by atoms with van der Waals surface area (Å²) in [5, 5.41) is 4.69. The van der Waals surface area contributed by atoms with Crippen LogP contribution in [0.15, 0.2) is 85.1 Å². The van der Waals surface area contributed by atoms with Crippen LogP contribution in [0.4, 0.5) is 8.78 Å². The third kappa shape index (κ3) is 5.06. The molecule has 0 aliphatic heterocycles. The van der Waals surface area contributed by atoms with Crippen molar-refractivity contribution in [3.63, 3.8) is 0 Å². The molecule has 0 saturated heterocycles. The van der Waals surface area contributed by atoms with Gasteiger partial charge in [-0.3, -0.25) is 4.79 Å². The summed E-state index contributed by atoms with van der Waals surface area (Å²) in [4.78, 5) is 15.0. The number of hydrogen-bond donors (Lipinski definition) is 0. The molecular weight excluding hydrogens is 440 g/mol. The fourth-order valence-corrected chi connectivity index (χ4v) is 3.61. The maximum absolute atomic E-state index is 13.5. The molecule has 0 atom stereocenters. The van der Waals surface area contributed by atoms with Crippen LogP contribution in [0.2, 0.25) is 0 Å². The van der Waals surface area contributed by atoms with Crippen molar-refractivity contribution in [1.29, 1.82) is 0 Å². The Morgan fingerprint density at radius 2 is 1.68 bits per heavy atom. The zero-order chi connectivity index (χ0) is 24.1. The van der Waals surface area contributed by atoms with Crippen LogP contribution >= 0.6 is 0 Å². The lowest BCUT2D eigenvalue weighted by molar-refractivity contribution is -0.0512. The Hall–Kier alpha value is -4.20. The number of amides is 1. The number of alkyl halides is 2. The van der Waals surface area contributed by atoms with Crippen molar-refractivity contribution in [3.05, 3.63) is 96.2 Å². The molecule has 1 heterocycles. The Morgan fingerprint density at radius 1 is 1.00 bits per heavy atom. The van der Waals surface area contributed by atoms with Gasteiger partial charge >= 0.3 is 6.61 Å². The molecule has 0 spiro atoms. The maximum atomic E-state index is 13.5. The van der Waals surface area contributed by atoms with E-state index in [0.29, 0.717) is 16.8 Å². The predicted octanol–water partition coefficient (Wildman–Crippen LogP) is 5.42. The Labute approximate surface area is 196 Å². The topological polar surface area (TPSA) is 56.6 Å². The minimum Gasteiger partial charge on any atom is -0.493 e. The third-order valence-electron chi connectivity index (χ3n) is 5.22. The molecule has 0 N–H and O–H groups in total. The van der Waals surface area contributed by atoms with Crippen molar-refractivity contribution in [2.75, 3.05) is 14.2 Å². The van der Waals surface area contributed by atoms with Gasteiger partial charge < -0.3 is 14.4 Å². The molecule has 0 saturated carbocycles. The SMILES string of the molecule is COc1cc(CN(C)C(=O)c2cn(-c3ccccc3)nc2-c2ccccc2)ccc1OC(F)F. The summed E-state index contributed by atoms with van der Waals surface area (Å²) in [6, 6.07) is 23.6. The average Bonchev–Trinajstić information content (AvgIpc) is 3.31. The predicted molar refractivity (Wildman–Crippen MR) is 124 cm³/mol. The molecule has 0 aliphatic rings. The van der Waals surface area contributed by atoms with Gasteiger partial charge in [0.15, 0.2) is 11.5 Å². The lowest BCUT2D eigenvalue weighted by atomic mass is 10.1. The first-order valence-electron chi connectivity index (χ1n) is 10.5. The maximum Gasteiger partial charge on any atom is 0.387 e. The second-order valence-electron chi connectivity index (χ2n) is 7.56. The van der Waals surface area contributed by atoms with E-state index in [9.17, 15) is 13.6 Å². The zero-order valence-corrected chi connectivity index (χ0v) is 18.7. The highest BCUT2D eigenvalue weighted by Gasteiger charge is 2.22. The fraction of sp³-hybridized carbons (Fsp3) is 0.154. The normalized spacial score (nSPS) is 10.9. The van der Waals surface area contributed by atoms with E-state index < -0.39 is 6.61 Å². The molecular formula is C26H23F2N3O3. The molecule has 4 rings (SSSR count). The Balaban J connectivity index is 1.64. The molecule has 1 aromatic heterocycles. The summed E-state index contributed by atoms with van der Waals surface area (Å²) >= 11 is 0. The largest absolute Gasteiger partial charge is 0.493 e. The lowest BCUT2D eigenvalue weighted by Crippen LogP contribution is -2.26. The molecule has 0 radical (unpaired) electrons. The van der Waals surface area contributed by atoms with Crippen LogP contribution < -0.4 is 9.47 Å². The van der Waals surface area contributed by atoms with Crippen molar-refractivity contribution >= 4 is 5.91 Å². The van der Waals surface area contributed by atoms with Gasteiger partial charge in [-0.1, -0.05) is 54.6 Å². The van der Waals surface area contributed by atoms with Gasteiger partial charge in [-0.2, -0.15) is 13.9 Å². The van der Waals surface area contributed by atoms with Gasteiger partial charge in [0, 0.05) is 25.4 Å². The van der Waals surface area contributed by atoms with Crippen LogP contribution in [-0.4, -0.2) is 41.4 Å². The van der Waals surface area contributed by atoms with Gasteiger partial charge in [-0.05, 0) is 29.8 Å². The van der Waals surface area contributed by atoms with E-state index in [1.807, 2.05) is 60.7 Å². The van der Waals surface area contributed by atoms with Gasteiger partial charge in [-0.25, -0.2) is 4.68 Å². The van der Waals surface area contributed by atoms with Crippen LogP contribution in [0.25, 0.3) is 16.9 Å². The van der Waals surface area contributed by atoms with Gasteiger partial charge in [0.25, 0.3) is 5.91 Å². The molecule has 34 heavy (non-hydrogen) atoms. The van der Waals surface area contributed by atoms with E-state index in [0.717, 1.165) is 11.3 Å². The second-order valence-corrected chi connectivity index (χ2v) is 7.56. The van der Waals surface area contributed by atoms with Crippen molar-refractivity contribution in [3.8, 4) is 28.4 Å². The van der Waals surface area contributed by atoms with E-state index in [-0.39, 0.29) is 24.0 Å². The zero-order valence-electron chi connectivity index (χ0n) is 18.7. The minimum absolute atomic E-state index is 0.0641. The minimum atomic E-state index is -2.96. The molecule has 0 fully saturated rings. The molecule has 174 valence electrons. The number of aromatic nitrogens is 2. The standard InChI is InChI=1S/C26H23F2N3O3/c1-30(16-18-13-14-22(34-26(27)28)23(15-18)33-2)25(32)21-17-31(20-11-7-4-8-12-20)29-24(21)19-9-5-3-6-10-19/h3-15,17,26H,16H2,1-2H3. The first-order chi connectivity index (χ1) is 16.5. The van der Waals surface area contributed by atoms with E-state index in [2.05, 4.69) is 9.84 Å². The summed E-state index contributed by atoms with van der Waals surface area (Å²) in [6.07, 6.45) is 1.72. The molecule has 0 unspecified atom stereocenters. The van der Waals surface area contributed by atoms with Crippen LogP contribution in [0, 0.1) is 0 Å². The number of para-hydroxylation sites is 1. The number of halogens is 2. The molecule has 4 aromatic rings. The highest BCUT2D eigenvalue weighted by molar-refractivity contribution is 5.99. The van der Waals surface area contributed by atoms with Gasteiger partial charge in [-0.15, -0.1) is 0 Å². The number of rotatable bonds is 8. The fourth-order valence-electron chi connectivity index (χ4n) is 3.61. The van der Waals surface area contributed by atoms with Crippen LogP contribution in [0.3, 0.4) is 0 Å². The van der Waals surface area contributed by atoms with Crippen molar-refractivity contribution in [1.82, 2.24) is 14.7 Å². The second kappa shape index (κ2) is 10.2. The highest BCUT2D eigenvalue weighted by Crippen LogP contribution is 2.30. The average molecular weight is 463 g/mol. The van der Waals surface area contributed by atoms with Crippen LogP contribution in [-0.2, 0) is 6.54 Å². The monoisotopic (exact) mass is 463 g/mol. The van der Waals surface area contributed by atoms with Crippen molar-refractivity contribution in [2.45, 2.75) is 13.2 Å². The van der Waals surface area contributed by atoms with E-state index in [1.54, 1.807) is 35.0 Å². The Kier molecular flexibility index (Phi) is 6.87. The van der Waals surface area contributed by atoms with Crippen LogP contribution in [0.5, 0.6) is 11.5 Å². The first kappa shape index (κ1) is 23.0. The van der Waals surface area contributed by atoms with Gasteiger partial charge in [0.1, 0.15) is 5.69 Å².